The number of likely N-dealkylation sites (tertiary alicyclic amines) is 1. The van der Waals surface area contributed by atoms with Gasteiger partial charge in [-0.2, -0.15) is 0 Å². The quantitative estimate of drug-likeness (QED) is 0.625. The predicted molar refractivity (Wildman–Crippen MR) is 120 cm³/mol. The van der Waals surface area contributed by atoms with Crippen molar-refractivity contribution >= 4 is 35.0 Å². The van der Waals surface area contributed by atoms with Crippen LogP contribution < -0.4 is 20.7 Å². The zero-order valence-corrected chi connectivity index (χ0v) is 18.1. The second-order valence-electron chi connectivity index (χ2n) is 8.06. The molecule has 8 nitrogen and oxygen atoms in total. The van der Waals surface area contributed by atoms with Crippen LogP contribution >= 0.6 is 11.6 Å². The predicted octanol–water partition coefficient (Wildman–Crippen LogP) is 4.09. The molecule has 1 aromatic heterocycles. The number of rotatable bonds is 6. The highest BCUT2D eigenvalue weighted by Gasteiger charge is 2.24. The molecule has 2 aromatic rings. The zero-order chi connectivity index (χ0) is 21.8. The molecule has 164 valence electrons. The number of piperidine rings is 1. The third-order valence-corrected chi connectivity index (χ3v) is 5.72. The van der Waals surface area contributed by atoms with Gasteiger partial charge in [0, 0.05) is 30.3 Å². The maximum Gasteiger partial charge on any atom is 0.319 e. The number of carbonyl (C=O) groups excluding carboxylic acids is 2. The van der Waals surface area contributed by atoms with E-state index >= 15 is 0 Å². The Balaban J connectivity index is 1.35. The molecule has 2 heterocycles. The number of anilines is 2. The van der Waals surface area contributed by atoms with E-state index in [1.54, 1.807) is 36.5 Å². The highest BCUT2D eigenvalue weighted by molar-refractivity contribution is 6.33. The molecule has 1 aliphatic carbocycles. The van der Waals surface area contributed by atoms with Crippen LogP contribution in [0.25, 0.3) is 0 Å². The number of ether oxygens (including phenoxy) is 1. The van der Waals surface area contributed by atoms with Crippen LogP contribution in [0.5, 0.6) is 11.5 Å². The highest BCUT2D eigenvalue weighted by Crippen LogP contribution is 2.30. The molecule has 2 aliphatic rings. The number of hydrogen-bond acceptors (Lipinski definition) is 5. The smallest absolute Gasteiger partial charge is 0.319 e. The normalized spacial score (nSPS) is 17.1. The molecule has 3 amide bonds. The molecule has 1 aliphatic heterocycles. The third-order valence-electron chi connectivity index (χ3n) is 5.41. The first kappa shape index (κ1) is 21.4. The maximum absolute atomic E-state index is 12.5. The van der Waals surface area contributed by atoms with Gasteiger partial charge in [0.15, 0.2) is 0 Å². The summed E-state index contributed by atoms with van der Waals surface area (Å²) < 4.78 is 5.86. The van der Waals surface area contributed by atoms with Crippen LogP contribution in [0.4, 0.5) is 16.3 Å². The molecule has 1 saturated heterocycles. The standard InChI is InChI=1S/C22H26ClN5O3/c1-28-10-7-14(8-11-28)21(29)27-20-13-17(6-9-24-20)31-16-4-5-19(18(23)12-16)26-22(30)25-15-2-3-15/h4-6,9,12-15H,2-3,7-8,10-11H2,1H3,(H,24,27,29)(H2,25,26,30). The summed E-state index contributed by atoms with van der Waals surface area (Å²) in [6, 6.07) is 8.42. The van der Waals surface area contributed by atoms with E-state index in [1.807, 2.05) is 0 Å². The van der Waals surface area contributed by atoms with Gasteiger partial charge in [-0.05, 0) is 64.0 Å². The second-order valence-corrected chi connectivity index (χ2v) is 8.47. The maximum atomic E-state index is 12.5. The van der Waals surface area contributed by atoms with E-state index in [-0.39, 0.29) is 23.9 Å². The lowest BCUT2D eigenvalue weighted by Crippen LogP contribution is -2.36. The van der Waals surface area contributed by atoms with Gasteiger partial charge >= 0.3 is 6.03 Å². The van der Waals surface area contributed by atoms with Crippen molar-refractivity contribution in [3.8, 4) is 11.5 Å². The molecule has 0 radical (unpaired) electrons. The van der Waals surface area contributed by atoms with Crippen molar-refractivity contribution in [2.24, 2.45) is 5.92 Å². The molecule has 0 unspecified atom stereocenters. The Morgan fingerprint density at radius 3 is 2.52 bits per heavy atom. The minimum Gasteiger partial charge on any atom is -0.457 e. The minimum absolute atomic E-state index is 0.00135. The van der Waals surface area contributed by atoms with Gasteiger partial charge in [-0.3, -0.25) is 4.79 Å². The van der Waals surface area contributed by atoms with E-state index < -0.39 is 0 Å². The van der Waals surface area contributed by atoms with Gasteiger partial charge in [-0.25, -0.2) is 9.78 Å². The fourth-order valence-electron chi connectivity index (χ4n) is 3.41. The van der Waals surface area contributed by atoms with E-state index in [4.69, 9.17) is 16.3 Å². The van der Waals surface area contributed by atoms with Crippen LogP contribution in [0.15, 0.2) is 36.5 Å². The van der Waals surface area contributed by atoms with Crippen molar-refractivity contribution in [3.05, 3.63) is 41.6 Å². The van der Waals surface area contributed by atoms with Gasteiger partial charge in [-0.1, -0.05) is 11.6 Å². The third kappa shape index (κ3) is 6.08. The van der Waals surface area contributed by atoms with E-state index in [9.17, 15) is 9.59 Å². The van der Waals surface area contributed by atoms with Crippen molar-refractivity contribution in [1.29, 1.82) is 0 Å². The average Bonchev–Trinajstić information content (AvgIpc) is 3.55. The van der Waals surface area contributed by atoms with Gasteiger partial charge < -0.3 is 25.6 Å². The number of urea groups is 1. The van der Waals surface area contributed by atoms with Crippen molar-refractivity contribution in [2.45, 2.75) is 31.7 Å². The van der Waals surface area contributed by atoms with E-state index in [1.165, 1.54) is 0 Å². The Morgan fingerprint density at radius 1 is 1.06 bits per heavy atom. The molecular formula is C22H26ClN5O3. The Morgan fingerprint density at radius 2 is 1.81 bits per heavy atom. The summed E-state index contributed by atoms with van der Waals surface area (Å²) in [5, 5.41) is 8.84. The Kier molecular flexibility index (Phi) is 6.58. The molecule has 9 heteroatoms. The number of pyridine rings is 1. The molecule has 1 aromatic carbocycles. The first-order chi connectivity index (χ1) is 15.0. The lowest BCUT2D eigenvalue weighted by atomic mass is 9.96. The zero-order valence-electron chi connectivity index (χ0n) is 17.4. The summed E-state index contributed by atoms with van der Waals surface area (Å²) in [5.74, 6) is 1.47. The largest absolute Gasteiger partial charge is 0.457 e. The summed E-state index contributed by atoms with van der Waals surface area (Å²) in [4.78, 5) is 30.9. The van der Waals surface area contributed by atoms with Crippen LogP contribution in [0, 0.1) is 5.92 Å². The number of aromatic nitrogens is 1. The Bertz CT molecular complexity index is 958. The van der Waals surface area contributed by atoms with Gasteiger partial charge in [0.1, 0.15) is 17.3 Å². The molecule has 0 spiro atoms. The fraction of sp³-hybridized carbons (Fsp3) is 0.409. The molecule has 2 fully saturated rings. The molecule has 0 atom stereocenters. The lowest BCUT2D eigenvalue weighted by Gasteiger charge is -2.27. The number of nitrogens with one attached hydrogen (secondary N) is 3. The second kappa shape index (κ2) is 9.53. The Hall–Kier alpha value is -2.84. The Labute approximate surface area is 186 Å². The summed E-state index contributed by atoms with van der Waals surface area (Å²) in [6.45, 7) is 1.84. The van der Waals surface area contributed by atoms with E-state index in [2.05, 4.69) is 32.9 Å². The highest BCUT2D eigenvalue weighted by atomic mass is 35.5. The molecule has 0 bridgehead atoms. The summed E-state index contributed by atoms with van der Waals surface area (Å²) in [6.07, 6.45) is 5.30. The van der Waals surface area contributed by atoms with Crippen LogP contribution in [-0.2, 0) is 4.79 Å². The van der Waals surface area contributed by atoms with E-state index in [0.29, 0.717) is 28.0 Å². The summed E-state index contributed by atoms with van der Waals surface area (Å²) >= 11 is 6.29. The summed E-state index contributed by atoms with van der Waals surface area (Å²) in [5.41, 5.74) is 0.507. The lowest BCUT2D eigenvalue weighted by molar-refractivity contribution is -0.121. The topological polar surface area (TPSA) is 95.6 Å². The van der Waals surface area contributed by atoms with Crippen LogP contribution in [-0.4, -0.2) is 48.0 Å². The number of nitrogens with zero attached hydrogens (tertiary/aromatic N) is 2. The average molecular weight is 444 g/mol. The number of hydrogen-bond donors (Lipinski definition) is 3. The monoisotopic (exact) mass is 443 g/mol. The molecule has 3 N–H and O–H groups in total. The number of benzene rings is 1. The van der Waals surface area contributed by atoms with Crippen molar-refractivity contribution in [2.75, 3.05) is 30.8 Å². The van der Waals surface area contributed by atoms with Crippen molar-refractivity contribution < 1.29 is 14.3 Å². The first-order valence-corrected chi connectivity index (χ1v) is 10.8. The molecular weight excluding hydrogens is 418 g/mol. The van der Waals surface area contributed by atoms with Crippen LogP contribution in [0.2, 0.25) is 5.02 Å². The molecule has 1 saturated carbocycles. The number of amides is 3. The van der Waals surface area contributed by atoms with Gasteiger partial charge in [0.2, 0.25) is 5.91 Å². The SMILES string of the molecule is CN1CCC(C(=O)Nc2cc(Oc3ccc(NC(=O)NC4CC4)c(Cl)c3)ccn2)CC1. The van der Waals surface area contributed by atoms with Crippen molar-refractivity contribution in [1.82, 2.24) is 15.2 Å². The van der Waals surface area contributed by atoms with Crippen LogP contribution in [0.1, 0.15) is 25.7 Å². The van der Waals surface area contributed by atoms with Gasteiger partial charge in [-0.15, -0.1) is 0 Å². The van der Waals surface area contributed by atoms with Crippen molar-refractivity contribution in [3.63, 3.8) is 0 Å². The van der Waals surface area contributed by atoms with Gasteiger partial charge in [0.25, 0.3) is 0 Å². The first-order valence-electron chi connectivity index (χ1n) is 10.5. The van der Waals surface area contributed by atoms with Gasteiger partial charge in [0.05, 0.1) is 10.7 Å². The number of halogens is 1. The molecule has 4 rings (SSSR count). The fourth-order valence-corrected chi connectivity index (χ4v) is 3.63. The van der Waals surface area contributed by atoms with E-state index in [0.717, 1.165) is 38.8 Å². The molecule has 31 heavy (non-hydrogen) atoms. The minimum atomic E-state index is -0.266. The number of carbonyl (C=O) groups is 2. The summed E-state index contributed by atoms with van der Waals surface area (Å²) in [7, 11) is 2.06. The van der Waals surface area contributed by atoms with Crippen LogP contribution in [0.3, 0.4) is 0 Å².